The number of aromatic nitrogens is 3. The van der Waals surface area contributed by atoms with E-state index in [2.05, 4.69) is 4.98 Å². The topological polar surface area (TPSA) is 107 Å². The number of pyridine rings is 1. The van der Waals surface area contributed by atoms with Crippen molar-refractivity contribution in [2.75, 3.05) is 33.3 Å². The molecule has 1 aliphatic heterocycles. The SMILES string of the molecule is COc1ccccc1C(=O)N1CCCN(C(=O)c2ccc3c(=O)n(C)c(=O)n(C)c3n2)CC1. The molecule has 0 saturated carbocycles. The molecule has 1 fully saturated rings. The van der Waals surface area contributed by atoms with Crippen LogP contribution in [-0.4, -0.2) is 69.0 Å². The summed E-state index contributed by atoms with van der Waals surface area (Å²) in [5.74, 6) is 0.0600. The first-order valence-electron chi connectivity index (χ1n) is 10.6. The van der Waals surface area contributed by atoms with Crippen LogP contribution in [0.15, 0.2) is 46.0 Å². The second-order valence-corrected chi connectivity index (χ2v) is 7.91. The van der Waals surface area contributed by atoms with Gasteiger partial charge in [0.2, 0.25) is 0 Å². The number of nitrogens with zero attached hydrogens (tertiary/aromatic N) is 5. The third-order valence-corrected chi connectivity index (χ3v) is 5.93. The first-order valence-corrected chi connectivity index (χ1v) is 10.6. The number of benzene rings is 1. The van der Waals surface area contributed by atoms with Crippen molar-refractivity contribution in [2.24, 2.45) is 14.1 Å². The minimum Gasteiger partial charge on any atom is -0.496 e. The van der Waals surface area contributed by atoms with Gasteiger partial charge in [0, 0.05) is 40.3 Å². The second-order valence-electron chi connectivity index (χ2n) is 7.91. The molecule has 33 heavy (non-hydrogen) atoms. The number of aryl methyl sites for hydroxylation is 1. The number of ether oxygens (including phenoxy) is 1. The van der Waals surface area contributed by atoms with Gasteiger partial charge < -0.3 is 14.5 Å². The van der Waals surface area contributed by atoms with Crippen molar-refractivity contribution in [2.45, 2.75) is 6.42 Å². The van der Waals surface area contributed by atoms with Crippen LogP contribution in [0.1, 0.15) is 27.3 Å². The van der Waals surface area contributed by atoms with Crippen LogP contribution in [0.5, 0.6) is 5.75 Å². The highest BCUT2D eigenvalue weighted by Crippen LogP contribution is 2.20. The Kier molecular flexibility index (Phi) is 5.99. The lowest BCUT2D eigenvalue weighted by atomic mass is 10.1. The number of amides is 2. The molecule has 1 saturated heterocycles. The van der Waals surface area contributed by atoms with Crippen molar-refractivity contribution in [1.29, 1.82) is 0 Å². The Labute approximate surface area is 189 Å². The Morgan fingerprint density at radius 2 is 1.55 bits per heavy atom. The fourth-order valence-electron chi connectivity index (χ4n) is 4.05. The molecule has 1 aliphatic rings. The van der Waals surface area contributed by atoms with Crippen molar-refractivity contribution < 1.29 is 14.3 Å². The molecule has 2 aromatic heterocycles. The van der Waals surface area contributed by atoms with Gasteiger partial charge in [-0.25, -0.2) is 9.78 Å². The molecule has 3 heterocycles. The van der Waals surface area contributed by atoms with Crippen LogP contribution in [0.25, 0.3) is 11.0 Å². The van der Waals surface area contributed by atoms with Crippen LogP contribution in [0, 0.1) is 0 Å². The molecule has 10 nitrogen and oxygen atoms in total. The summed E-state index contributed by atoms with van der Waals surface area (Å²) >= 11 is 0. The lowest BCUT2D eigenvalue weighted by Gasteiger charge is -2.23. The van der Waals surface area contributed by atoms with Crippen molar-refractivity contribution in [3.05, 3.63) is 68.5 Å². The maximum atomic E-state index is 13.2. The van der Waals surface area contributed by atoms with Crippen LogP contribution in [0.2, 0.25) is 0 Å². The van der Waals surface area contributed by atoms with Gasteiger partial charge in [-0.3, -0.25) is 23.5 Å². The van der Waals surface area contributed by atoms with Gasteiger partial charge in [-0.05, 0) is 30.7 Å². The fourth-order valence-corrected chi connectivity index (χ4v) is 4.05. The third-order valence-electron chi connectivity index (χ3n) is 5.93. The molecule has 3 aromatic rings. The van der Waals surface area contributed by atoms with Gasteiger partial charge in [0.1, 0.15) is 17.1 Å². The summed E-state index contributed by atoms with van der Waals surface area (Å²) in [6, 6.07) is 10.1. The number of methoxy groups -OCH3 is 1. The molecular formula is C23H25N5O5. The van der Waals surface area contributed by atoms with Gasteiger partial charge in [-0.1, -0.05) is 12.1 Å². The molecule has 0 N–H and O–H groups in total. The lowest BCUT2D eigenvalue weighted by Crippen LogP contribution is -2.39. The van der Waals surface area contributed by atoms with Gasteiger partial charge in [-0.15, -0.1) is 0 Å². The van der Waals surface area contributed by atoms with Crippen molar-refractivity contribution in [3.63, 3.8) is 0 Å². The van der Waals surface area contributed by atoms with Gasteiger partial charge in [0.25, 0.3) is 17.4 Å². The summed E-state index contributed by atoms with van der Waals surface area (Å²) in [6.45, 7) is 1.68. The average Bonchev–Trinajstić information content (AvgIpc) is 3.11. The van der Waals surface area contributed by atoms with E-state index in [4.69, 9.17) is 4.74 Å². The molecule has 4 rings (SSSR count). The van der Waals surface area contributed by atoms with Crippen LogP contribution >= 0.6 is 0 Å². The quantitative estimate of drug-likeness (QED) is 0.578. The van der Waals surface area contributed by atoms with Gasteiger partial charge in [0.05, 0.1) is 18.1 Å². The van der Waals surface area contributed by atoms with Gasteiger partial charge in [-0.2, -0.15) is 0 Å². The van der Waals surface area contributed by atoms with Gasteiger partial charge in [0.15, 0.2) is 0 Å². The van der Waals surface area contributed by atoms with Gasteiger partial charge >= 0.3 is 5.69 Å². The number of carbonyl (C=O) groups is 2. The minimum atomic E-state index is -0.509. The number of hydrogen-bond acceptors (Lipinski definition) is 6. The number of hydrogen-bond donors (Lipinski definition) is 0. The maximum Gasteiger partial charge on any atom is 0.332 e. The molecule has 0 radical (unpaired) electrons. The maximum absolute atomic E-state index is 13.2. The number of fused-ring (bicyclic) bond motifs is 1. The van der Waals surface area contributed by atoms with Crippen LogP contribution < -0.4 is 16.0 Å². The van der Waals surface area contributed by atoms with E-state index < -0.39 is 11.2 Å². The van der Waals surface area contributed by atoms with Crippen LogP contribution in [0.3, 0.4) is 0 Å². The van der Waals surface area contributed by atoms with E-state index in [-0.39, 0.29) is 28.5 Å². The van der Waals surface area contributed by atoms with E-state index in [9.17, 15) is 19.2 Å². The standard InChI is InChI=1S/C23H25N5O5/c1-25-19-16(20(29)26(2)23(25)32)9-10-17(24-19)22(31)28-12-6-11-27(13-14-28)21(30)15-7-4-5-8-18(15)33-3/h4-5,7-10H,6,11-14H2,1-3H3. The Hall–Kier alpha value is -3.95. The molecule has 2 amide bonds. The smallest absolute Gasteiger partial charge is 0.332 e. The zero-order valence-corrected chi connectivity index (χ0v) is 18.8. The summed E-state index contributed by atoms with van der Waals surface area (Å²) in [5, 5.41) is 0.264. The first-order chi connectivity index (χ1) is 15.8. The Morgan fingerprint density at radius 3 is 2.24 bits per heavy atom. The molecule has 0 atom stereocenters. The fraction of sp³-hybridized carbons (Fsp3) is 0.348. The molecule has 0 aliphatic carbocycles. The predicted octanol–water partition coefficient (Wildman–Crippen LogP) is 0.629. The lowest BCUT2D eigenvalue weighted by molar-refractivity contribution is 0.0714. The Morgan fingerprint density at radius 1 is 0.879 bits per heavy atom. The van der Waals surface area contributed by atoms with E-state index >= 15 is 0 Å². The second kappa shape index (κ2) is 8.89. The molecule has 172 valence electrons. The largest absolute Gasteiger partial charge is 0.496 e. The third kappa shape index (κ3) is 3.99. The Balaban J connectivity index is 1.56. The first kappa shape index (κ1) is 22.3. The molecule has 0 unspecified atom stereocenters. The van der Waals surface area contributed by atoms with Crippen molar-refractivity contribution >= 4 is 22.8 Å². The molecule has 0 spiro atoms. The summed E-state index contributed by atoms with van der Waals surface area (Å²) in [5.41, 5.74) is -0.171. The highest BCUT2D eigenvalue weighted by molar-refractivity contribution is 5.97. The number of carbonyl (C=O) groups excluding carboxylic acids is 2. The minimum absolute atomic E-state index is 0.142. The highest BCUT2D eigenvalue weighted by atomic mass is 16.5. The monoisotopic (exact) mass is 451 g/mol. The van der Waals surface area contributed by atoms with E-state index in [0.717, 1.165) is 4.57 Å². The zero-order chi connectivity index (χ0) is 23.7. The summed E-state index contributed by atoms with van der Waals surface area (Å²) in [6.07, 6.45) is 0.610. The van der Waals surface area contributed by atoms with Crippen LogP contribution in [-0.2, 0) is 14.1 Å². The summed E-state index contributed by atoms with van der Waals surface area (Å²) in [4.78, 5) is 58.5. The summed E-state index contributed by atoms with van der Waals surface area (Å²) < 4.78 is 7.57. The van der Waals surface area contributed by atoms with Crippen LogP contribution in [0.4, 0.5) is 0 Å². The van der Waals surface area contributed by atoms with Crippen molar-refractivity contribution in [1.82, 2.24) is 23.9 Å². The van der Waals surface area contributed by atoms with E-state index in [1.807, 2.05) is 0 Å². The molecule has 0 bridgehead atoms. The molecular weight excluding hydrogens is 426 g/mol. The number of para-hydroxylation sites is 1. The normalized spacial score (nSPS) is 14.3. The number of rotatable bonds is 3. The van der Waals surface area contributed by atoms with E-state index in [1.54, 1.807) is 34.1 Å². The van der Waals surface area contributed by atoms with Crippen molar-refractivity contribution in [3.8, 4) is 5.75 Å². The average molecular weight is 451 g/mol. The summed E-state index contributed by atoms with van der Waals surface area (Å²) in [7, 11) is 4.44. The Bertz CT molecular complexity index is 1360. The van der Waals surface area contributed by atoms with E-state index in [1.165, 1.54) is 37.9 Å². The predicted molar refractivity (Wildman–Crippen MR) is 122 cm³/mol. The van der Waals surface area contributed by atoms with E-state index in [0.29, 0.717) is 43.9 Å². The highest BCUT2D eigenvalue weighted by Gasteiger charge is 2.26. The molecule has 10 heteroatoms. The molecule has 1 aromatic carbocycles. The zero-order valence-electron chi connectivity index (χ0n) is 18.8.